The molecule has 3 amide bonds. The largest absolute Gasteiger partial charge is 0.378 e. The van der Waals surface area contributed by atoms with E-state index >= 15 is 0 Å². The summed E-state index contributed by atoms with van der Waals surface area (Å²) in [6.45, 7) is 6.98. The number of morpholine rings is 1. The lowest BCUT2D eigenvalue weighted by Crippen LogP contribution is -2.49. The second-order valence-corrected chi connectivity index (χ2v) is 6.36. The topological polar surface area (TPSA) is 70.7 Å². The summed E-state index contributed by atoms with van der Waals surface area (Å²) in [4.78, 5) is 26.8. The standard InChI is InChI=1S/C18H27N3O3/c1-14(2)8-9-19-18(23)20-16(15-6-4-3-5-7-15)17(22)21-10-12-24-13-11-21/h3-7,14,16H,8-13H2,1-2H3,(H2,19,20,23)/t16-/m0/s1. The average molecular weight is 333 g/mol. The van der Waals surface area contributed by atoms with E-state index in [1.807, 2.05) is 30.3 Å². The zero-order valence-corrected chi connectivity index (χ0v) is 14.5. The molecule has 2 rings (SSSR count). The van der Waals surface area contributed by atoms with Gasteiger partial charge in [0.15, 0.2) is 0 Å². The average Bonchev–Trinajstić information content (AvgIpc) is 2.60. The third-order valence-electron chi connectivity index (χ3n) is 3.99. The molecule has 0 saturated carbocycles. The van der Waals surface area contributed by atoms with Crippen molar-refractivity contribution in [2.24, 2.45) is 5.92 Å². The second-order valence-electron chi connectivity index (χ2n) is 6.36. The lowest BCUT2D eigenvalue weighted by atomic mass is 10.1. The molecule has 6 nitrogen and oxygen atoms in total. The molecule has 0 spiro atoms. The summed E-state index contributed by atoms with van der Waals surface area (Å²) in [5.74, 6) is 0.425. The number of hydrogen-bond donors (Lipinski definition) is 2. The molecule has 0 bridgehead atoms. The summed E-state index contributed by atoms with van der Waals surface area (Å²) in [5.41, 5.74) is 0.785. The van der Waals surface area contributed by atoms with Crippen LogP contribution >= 0.6 is 0 Å². The van der Waals surface area contributed by atoms with Gasteiger partial charge in [0, 0.05) is 19.6 Å². The van der Waals surface area contributed by atoms with Crippen molar-refractivity contribution in [3.63, 3.8) is 0 Å². The molecule has 0 unspecified atom stereocenters. The lowest BCUT2D eigenvalue weighted by molar-refractivity contribution is -0.137. The first-order chi connectivity index (χ1) is 11.6. The van der Waals surface area contributed by atoms with Crippen LogP contribution < -0.4 is 10.6 Å². The fourth-order valence-corrected chi connectivity index (χ4v) is 2.56. The number of amides is 3. The SMILES string of the molecule is CC(C)CCNC(=O)N[C@H](C(=O)N1CCOCC1)c1ccccc1. The predicted molar refractivity (Wildman–Crippen MR) is 92.6 cm³/mol. The van der Waals surface area contributed by atoms with E-state index in [0.717, 1.165) is 12.0 Å². The fourth-order valence-electron chi connectivity index (χ4n) is 2.56. The van der Waals surface area contributed by atoms with Crippen molar-refractivity contribution in [1.82, 2.24) is 15.5 Å². The van der Waals surface area contributed by atoms with Crippen LogP contribution in [-0.2, 0) is 9.53 Å². The lowest BCUT2D eigenvalue weighted by Gasteiger charge is -2.31. The van der Waals surface area contributed by atoms with E-state index in [0.29, 0.717) is 38.8 Å². The summed E-state index contributed by atoms with van der Waals surface area (Å²) < 4.78 is 5.30. The van der Waals surface area contributed by atoms with Gasteiger partial charge in [-0.1, -0.05) is 44.2 Å². The van der Waals surface area contributed by atoms with Crippen LogP contribution in [0.3, 0.4) is 0 Å². The Morgan fingerprint density at radius 3 is 2.46 bits per heavy atom. The van der Waals surface area contributed by atoms with Gasteiger partial charge in [-0.15, -0.1) is 0 Å². The molecule has 2 N–H and O–H groups in total. The first kappa shape index (κ1) is 18.3. The molecule has 24 heavy (non-hydrogen) atoms. The molecule has 1 aromatic rings. The highest BCUT2D eigenvalue weighted by molar-refractivity contribution is 5.88. The molecular weight excluding hydrogens is 306 g/mol. The van der Waals surface area contributed by atoms with E-state index < -0.39 is 6.04 Å². The number of nitrogens with zero attached hydrogens (tertiary/aromatic N) is 1. The van der Waals surface area contributed by atoms with Gasteiger partial charge in [-0.2, -0.15) is 0 Å². The van der Waals surface area contributed by atoms with Crippen LogP contribution in [0.5, 0.6) is 0 Å². The zero-order chi connectivity index (χ0) is 17.4. The second kappa shape index (κ2) is 9.27. The van der Waals surface area contributed by atoms with Crippen molar-refractivity contribution in [3.8, 4) is 0 Å². The number of carbonyl (C=O) groups is 2. The van der Waals surface area contributed by atoms with Crippen LogP contribution in [0.25, 0.3) is 0 Å². The van der Waals surface area contributed by atoms with Crippen molar-refractivity contribution < 1.29 is 14.3 Å². The summed E-state index contributed by atoms with van der Waals surface area (Å²) in [5, 5.41) is 5.65. The van der Waals surface area contributed by atoms with Crippen LogP contribution in [0.2, 0.25) is 0 Å². The Kier molecular flexibility index (Phi) is 7.06. The molecule has 0 aromatic heterocycles. The number of nitrogens with one attached hydrogen (secondary N) is 2. The smallest absolute Gasteiger partial charge is 0.315 e. The number of hydrogen-bond acceptors (Lipinski definition) is 3. The summed E-state index contributed by atoms with van der Waals surface area (Å²) >= 11 is 0. The first-order valence-electron chi connectivity index (χ1n) is 8.53. The van der Waals surface area contributed by atoms with E-state index in [1.165, 1.54) is 0 Å². The highest BCUT2D eigenvalue weighted by Crippen LogP contribution is 2.16. The zero-order valence-electron chi connectivity index (χ0n) is 14.5. The summed E-state index contributed by atoms with van der Waals surface area (Å²) in [6.07, 6.45) is 0.904. The van der Waals surface area contributed by atoms with E-state index in [9.17, 15) is 9.59 Å². The van der Waals surface area contributed by atoms with Gasteiger partial charge >= 0.3 is 6.03 Å². The quantitative estimate of drug-likeness (QED) is 0.836. The Hall–Kier alpha value is -2.08. The maximum absolute atomic E-state index is 12.8. The minimum atomic E-state index is -0.677. The third kappa shape index (κ3) is 5.53. The highest BCUT2D eigenvalue weighted by Gasteiger charge is 2.28. The van der Waals surface area contributed by atoms with Crippen LogP contribution in [-0.4, -0.2) is 49.7 Å². The normalized spacial score (nSPS) is 15.9. The van der Waals surface area contributed by atoms with Crippen molar-refractivity contribution in [3.05, 3.63) is 35.9 Å². The van der Waals surface area contributed by atoms with Gasteiger partial charge in [0.25, 0.3) is 0 Å². The Morgan fingerprint density at radius 1 is 1.17 bits per heavy atom. The third-order valence-corrected chi connectivity index (χ3v) is 3.99. The number of rotatable bonds is 6. The molecule has 1 heterocycles. The molecule has 6 heteroatoms. The molecule has 1 atom stereocenters. The molecule has 0 radical (unpaired) electrons. The van der Waals surface area contributed by atoms with E-state index in [4.69, 9.17) is 4.74 Å². The fraction of sp³-hybridized carbons (Fsp3) is 0.556. The number of benzene rings is 1. The van der Waals surface area contributed by atoms with Gasteiger partial charge in [-0.3, -0.25) is 4.79 Å². The molecule has 1 saturated heterocycles. The maximum atomic E-state index is 12.8. The van der Waals surface area contributed by atoms with E-state index in [-0.39, 0.29) is 11.9 Å². The summed E-state index contributed by atoms with van der Waals surface area (Å²) in [7, 11) is 0. The number of urea groups is 1. The molecule has 1 fully saturated rings. The van der Waals surface area contributed by atoms with Crippen molar-refractivity contribution in [2.75, 3.05) is 32.8 Å². The monoisotopic (exact) mass is 333 g/mol. The maximum Gasteiger partial charge on any atom is 0.315 e. The molecule has 132 valence electrons. The Balaban J connectivity index is 2.03. The van der Waals surface area contributed by atoms with Crippen molar-refractivity contribution in [1.29, 1.82) is 0 Å². The minimum absolute atomic E-state index is 0.0940. The molecule has 1 aromatic carbocycles. The van der Waals surface area contributed by atoms with Crippen molar-refractivity contribution in [2.45, 2.75) is 26.3 Å². The van der Waals surface area contributed by atoms with Crippen LogP contribution in [0.4, 0.5) is 4.79 Å². The van der Waals surface area contributed by atoms with Gasteiger partial charge in [0.2, 0.25) is 5.91 Å². The Morgan fingerprint density at radius 2 is 1.83 bits per heavy atom. The predicted octanol–water partition coefficient (Wildman–Crippen LogP) is 1.93. The van der Waals surface area contributed by atoms with Gasteiger partial charge in [0.05, 0.1) is 13.2 Å². The molecular formula is C18H27N3O3. The molecule has 1 aliphatic rings. The van der Waals surface area contributed by atoms with Crippen LogP contribution in [0, 0.1) is 5.92 Å². The van der Waals surface area contributed by atoms with E-state index in [1.54, 1.807) is 4.90 Å². The van der Waals surface area contributed by atoms with Gasteiger partial charge < -0.3 is 20.3 Å². The highest BCUT2D eigenvalue weighted by atomic mass is 16.5. The van der Waals surface area contributed by atoms with Gasteiger partial charge in [-0.25, -0.2) is 4.79 Å². The molecule has 0 aliphatic carbocycles. The van der Waals surface area contributed by atoms with Crippen LogP contribution in [0.15, 0.2) is 30.3 Å². The Bertz CT molecular complexity index is 528. The number of carbonyl (C=O) groups excluding carboxylic acids is 2. The van der Waals surface area contributed by atoms with E-state index in [2.05, 4.69) is 24.5 Å². The first-order valence-corrected chi connectivity index (χ1v) is 8.53. The van der Waals surface area contributed by atoms with Crippen molar-refractivity contribution >= 4 is 11.9 Å². The minimum Gasteiger partial charge on any atom is -0.378 e. The summed E-state index contributed by atoms with van der Waals surface area (Å²) in [6, 6.07) is 8.35. The van der Waals surface area contributed by atoms with Crippen LogP contribution in [0.1, 0.15) is 31.9 Å². The van der Waals surface area contributed by atoms with Gasteiger partial charge in [0.1, 0.15) is 6.04 Å². The van der Waals surface area contributed by atoms with Gasteiger partial charge in [-0.05, 0) is 17.9 Å². The Labute approximate surface area is 143 Å². The molecule has 1 aliphatic heterocycles. The number of ether oxygens (including phenoxy) is 1.